The zero-order chi connectivity index (χ0) is 23.2. The van der Waals surface area contributed by atoms with Gasteiger partial charge >= 0.3 is 19.7 Å². The molecule has 12 nitrogen and oxygen atoms in total. The van der Waals surface area contributed by atoms with Crippen molar-refractivity contribution in [1.29, 1.82) is 0 Å². The molecule has 0 saturated carbocycles. The van der Waals surface area contributed by atoms with Crippen molar-refractivity contribution < 1.29 is 37.5 Å². The molecule has 2 N–H and O–H groups in total. The second-order valence-electron chi connectivity index (χ2n) is 7.85. The number of amides is 1. The van der Waals surface area contributed by atoms with Gasteiger partial charge in [0.15, 0.2) is 6.10 Å². The van der Waals surface area contributed by atoms with Crippen LogP contribution in [0.25, 0.3) is 0 Å². The van der Waals surface area contributed by atoms with Crippen molar-refractivity contribution in [1.82, 2.24) is 20.0 Å². The summed E-state index contributed by atoms with van der Waals surface area (Å²) in [6, 6.07) is -0.963. The summed E-state index contributed by atoms with van der Waals surface area (Å²) in [5.74, 6) is -1.71. The van der Waals surface area contributed by atoms with E-state index in [1.165, 1.54) is 14.0 Å². The first-order valence-corrected chi connectivity index (χ1v) is 11.2. The largest absolute Gasteiger partial charge is 0.468 e. The minimum atomic E-state index is -3.93. The van der Waals surface area contributed by atoms with Gasteiger partial charge < -0.3 is 19.4 Å². The first-order chi connectivity index (χ1) is 14.5. The maximum Gasteiger partial charge on any atom is 0.407 e. The molecule has 31 heavy (non-hydrogen) atoms. The highest BCUT2D eigenvalue weighted by Crippen LogP contribution is 2.53. The molecule has 3 atom stereocenters. The Morgan fingerprint density at radius 2 is 2.13 bits per heavy atom. The van der Waals surface area contributed by atoms with Crippen LogP contribution in [0, 0.1) is 5.41 Å². The first kappa shape index (κ1) is 25.0. The number of hydrogen-bond acceptors (Lipinski definition) is 9. The maximum atomic E-state index is 12.8. The summed E-state index contributed by atoms with van der Waals surface area (Å²) >= 11 is 0. The number of hydrogen-bond donors (Lipinski definition) is 2. The average molecular weight is 460 g/mol. The number of ether oxygens (including phenoxy) is 2. The highest BCUT2D eigenvalue weighted by Gasteiger charge is 2.48. The van der Waals surface area contributed by atoms with E-state index in [1.54, 1.807) is 38.0 Å². The van der Waals surface area contributed by atoms with Crippen molar-refractivity contribution in [2.45, 2.75) is 45.9 Å². The van der Waals surface area contributed by atoms with E-state index in [2.05, 4.69) is 20.1 Å². The molecule has 1 aromatic rings. The van der Waals surface area contributed by atoms with Crippen molar-refractivity contribution in [2.75, 3.05) is 20.3 Å². The van der Waals surface area contributed by atoms with Gasteiger partial charge in [0, 0.05) is 25.2 Å². The van der Waals surface area contributed by atoms with Gasteiger partial charge in [0.25, 0.3) is 0 Å². The third-order valence-corrected chi connectivity index (χ3v) is 6.13. The zero-order valence-corrected chi connectivity index (χ0v) is 19.1. The van der Waals surface area contributed by atoms with Gasteiger partial charge in [0.1, 0.15) is 12.6 Å². The van der Waals surface area contributed by atoms with Crippen LogP contribution in [-0.4, -0.2) is 59.8 Å². The molecule has 0 unspecified atom stereocenters. The van der Waals surface area contributed by atoms with Gasteiger partial charge in [-0.1, -0.05) is 13.8 Å². The van der Waals surface area contributed by atoms with Crippen LogP contribution in [0.5, 0.6) is 0 Å². The smallest absolute Gasteiger partial charge is 0.407 e. The van der Waals surface area contributed by atoms with Crippen molar-refractivity contribution >= 4 is 25.6 Å². The zero-order valence-electron chi connectivity index (χ0n) is 18.2. The monoisotopic (exact) mass is 460 g/mol. The summed E-state index contributed by atoms with van der Waals surface area (Å²) in [7, 11) is -0.935. The van der Waals surface area contributed by atoms with E-state index in [9.17, 15) is 18.9 Å². The minimum absolute atomic E-state index is 0.00692. The molecule has 1 aliphatic rings. The van der Waals surface area contributed by atoms with Crippen LogP contribution in [0.2, 0.25) is 0 Å². The van der Waals surface area contributed by atoms with E-state index in [1.807, 2.05) is 0 Å². The number of nitrogens with one attached hydrogen (secondary N) is 2. The number of nitrogens with zero attached hydrogens (tertiary/aromatic N) is 2. The van der Waals surface area contributed by atoms with Crippen LogP contribution in [0.15, 0.2) is 12.5 Å². The van der Waals surface area contributed by atoms with Gasteiger partial charge in [-0.25, -0.2) is 14.6 Å². The predicted molar refractivity (Wildman–Crippen MR) is 107 cm³/mol. The molecule has 1 saturated heterocycles. The van der Waals surface area contributed by atoms with Crippen LogP contribution in [0.4, 0.5) is 0 Å². The Balaban J connectivity index is 1.85. The van der Waals surface area contributed by atoms with E-state index in [0.717, 1.165) is 0 Å². The molecule has 174 valence electrons. The summed E-state index contributed by atoms with van der Waals surface area (Å²) in [4.78, 5) is 40.1. The van der Waals surface area contributed by atoms with Crippen LogP contribution in [-0.2, 0) is 51.1 Å². The molecule has 0 spiro atoms. The second kappa shape index (κ2) is 10.4. The molecule has 0 aromatic carbocycles. The predicted octanol–water partition coefficient (Wildman–Crippen LogP) is 0.670. The third-order valence-electron chi connectivity index (χ3n) is 4.47. The van der Waals surface area contributed by atoms with Gasteiger partial charge in [-0.05, 0) is 6.92 Å². The summed E-state index contributed by atoms with van der Waals surface area (Å²) in [5.41, 5.74) is -0.185. The molecule has 1 aliphatic heterocycles. The molecule has 0 bridgehead atoms. The maximum absolute atomic E-state index is 12.8. The topological polar surface area (TPSA) is 147 Å². The van der Waals surface area contributed by atoms with Gasteiger partial charge in [-0.15, -0.1) is 0 Å². The molecule has 2 rings (SSSR count). The quantitative estimate of drug-likeness (QED) is 0.398. The van der Waals surface area contributed by atoms with E-state index >= 15 is 0 Å². The van der Waals surface area contributed by atoms with E-state index in [0.29, 0.717) is 5.69 Å². The molecular weight excluding hydrogens is 431 g/mol. The number of esters is 2. The Morgan fingerprint density at radius 3 is 2.74 bits per heavy atom. The molecule has 1 aromatic heterocycles. The number of aryl methyl sites for hydroxylation is 1. The van der Waals surface area contributed by atoms with E-state index < -0.39 is 43.2 Å². The lowest BCUT2D eigenvalue weighted by Crippen LogP contribution is -2.51. The summed E-state index contributed by atoms with van der Waals surface area (Å²) in [5, 5.41) is 5.04. The first-order valence-electron chi connectivity index (χ1n) is 9.64. The minimum Gasteiger partial charge on any atom is -0.468 e. The van der Waals surface area contributed by atoms with Crippen LogP contribution in [0.1, 0.15) is 32.9 Å². The van der Waals surface area contributed by atoms with Gasteiger partial charge in [-0.2, -0.15) is 0 Å². The molecule has 0 aliphatic carbocycles. The lowest BCUT2D eigenvalue weighted by Gasteiger charge is -2.40. The normalized spacial score (nSPS) is 23.6. The van der Waals surface area contributed by atoms with Crippen molar-refractivity contribution in [3.8, 4) is 0 Å². The number of aromatic nitrogens is 2. The Bertz CT molecular complexity index is 855. The van der Waals surface area contributed by atoms with E-state index in [-0.39, 0.29) is 26.2 Å². The average Bonchev–Trinajstić information content (AvgIpc) is 3.13. The number of imidazole rings is 1. The fourth-order valence-corrected chi connectivity index (χ4v) is 4.66. The summed E-state index contributed by atoms with van der Waals surface area (Å²) < 4.78 is 35.0. The third kappa shape index (κ3) is 7.13. The van der Waals surface area contributed by atoms with Gasteiger partial charge in [0.05, 0.1) is 32.2 Å². The van der Waals surface area contributed by atoms with Crippen molar-refractivity contribution in [2.24, 2.45) is 12.5 Å². The number of carbonyl (C=O) groups excluding carboxylic acids is 3. The van der Waals surface area contributed by atoms with Crippen molar-refractivity contribution in [3.63, 3.8) is 0 Å². The molecule has 1 fully saturated rings. The van der Waals surface area contributed by atoms with E-state index in [4.69, 9.17) is 13.8 Å². The Morgan fingerprint density at radius 1 is 1.42 bits per heavy atom. The Hall–Kier alpha value is -2.27. The lowest BCUT2D eigenvalue weighted by atomic mass is 9.87. The fraction of sp³-hybridized carbons (Fsp3) is 0.667. The Kier molecular flexibility index (Phi) is 8.35. The van der Waals surface area contributed by atoms with Gasteiger partial charge in [0.2, 0.25) is 5.91 Å². The van der Waals surface area contributed by atoms with Crippen LogP contribution in [0.3, 0.4) is 0 Å². The van der Waals surface area contributed by atoms with Gasteiger partial charge in [-0.3, -0.25) is 23.4 Å². The summed E-state index contributed by atoms with van der Waals surface area (Å²) in [6.07, 6.45) is 2.14. The Labute approximate surface area is 180 Å². The fourth-order valence-electron chi connectivity index (χ4n) is 2.72. The molecule has 1 amide bonds. The molecular formula is C18H29N4O8P. The number of methoxy groups -OCH3 is 1. The molecule has 13 heteroatoms. The highest BCUT2D eigenvalue weighted by molar-refractivity contribution is 7.51. The molecule has 0 radical (unpaired) electrons. The summed E-state index contributed by atoms with van der Waals surface area (Å²) in [6.45, 7) is 4.86. The highest BCUT2D eigenvalue weighted by atomic mass is 31.2. The van der Waals surface area contributed by atoms with Crippen LogP contribution < -0.4 is 10.4 Å². The number of rotatable bonds is 9. The van der Waals surface area contributed by atoms with Crippen LogP contribution >= 0.6 is 7.75 Å². The number of carbonyl (C=O) groups is 3. The molecule has 2 heterocycles. The van der Waals surface area contributed by atoms with Crippen molar-refractivity contribution in [3.05, 3.63) is 18.2 Å². The second-order valence-corrected chi connectivity index (χ2v) is 9.57. The SMILES string of the molecule is COC(=O)[C@H](C)N[P@@]1(=O)OCC(C)(C)[C@H](C(=O)NCCC(=O)OCc2cn(C)cn2)O1. The lowest BCUT2D eigenvalue weighted by molar-refractivity contribution is -0.145. The standard InChI is InChI=1S/C18H29N4O8P/c1-12(17(25)27-5)21-31(26)29-10-18(2,3)15(30-31)16(24)19-7-6-14(23)28-9-13-8-22(4)11-20-13/h8,11-12,15H,6-7,9-10H2,1-5H3,(H,19,24)(H,21,26)/t12-,15-,31+/m0/s1.